The van der Waals surface area contributed by atoms with Crippen LogP contribution in [0.4, 0.5) is 13.2 Å². The van der Waals surface area contributed by atoms with Crippen LogP contribution in [0.1, 0.15) is 52.9 Å². The summed E-state index contributed by atoms with van der Waals surface area (Å²) in [5.41, 5.74) is 0. The van der Waals surface area contributed by atoms with Crippen LogP contribution in [0, 0.1) is 5.92 Å². The van der Waals surface area contributed by atoms with E-state index in [2.05, 4.69) is 0 Å². The number of amides is 1. The fourth-order valence-corrected chi connectivity index (χ4v) is 2.11. The van der Waals surface area contributed by atoms with Gasteiger partial charge in [-0.3, -0.25) is 4.79 Å². The van der Waals surface area contributed by atoms with Crippen molar-refractivity contribution in [2.75, 3.05) is 0 Å². The lowest BCUT2D eigenvalue weighted by atomic mass is 9.99. The Labute approximate surface area is 101 Å². The molecule has 0 aromatic heterocycles. The highest BCUT2D eigenvalue weighted by Crippen LogP contribution is 2.28. The first-order chi connectivity index (χ1) is 7.89. The first-order valence-corrected chi connectivity index (χ1v) is 6.27. The van der Waals surface area contributed by atoms with E-state index in [1.54, 1.807) is 6.92 Å². The highest BCUT2D eigenvalue weighted by atomic mass is 19.4. The molecule has 1 aliphatic carbocycles. The molecule has 1 rings (SSSR count). The van der Waals surface area contributed by atoms with Gasteiger partial charge in [0.05, 0.1) is 0 Å². The van der Waals surface area contributed by atoms with Crippen molar-refractivity contribution < 1.29 is 18.0 Å². The molecule has 0 spiro atoms. The van der Waals surface area contributed by atoms with Crippen molar-refractivity contribution in [3.63, 3.8) is 0 Å². The van der Waals surface area contributed by atoms with Gasteiger partial charge in [0.15, 0.2) is 0 Å². The summed E-state index contributed by atoms with van der Waals surface area (Å²) >= 11 is 0. The number of halogens is 3. The van der Waals surface area contributed by atoms with Crippen LogP contribution in [0.25, 0.3) is 0 Å². The topological polar surface area (TPSA) is 29.1 Å². The van der Waals surface area contributed by atoms with Crippen LogP contribution < -0.4 is 5.32 Å². The van der Waals surface area contributed by atoms with Crippen molar-refractivity contribution in [1.29, 1.82) is 0 Å². The van der Waals surface area contributed by atoms with E-state index in [1.807, 2.05) is 19.2 Å². The summed E-state index contributed by atoms with van der Waals surface area (Å²) in [7, 11) is 0. The average Bonchev–Trinajstić information content (AvgIpc) is 2.71. The second-order valence-electron chi connectivity index (χ2n) is 4.26. The molecule has 1 saturated carbocycles. The van der Waals surface area contributed by atoms with Crippen molar-refractivity contribution >= 4 is 5.91 Å². The Morgan fingerprint density at radius 3 is 2.18 bits per heavy atom. The summed E-state index contributed by atoms with van der Waals surface area (Å²) in [4.78, 5) is 10.6. The summed E-state index contributed by atoms with van der Waals surface area (Å²) < 4.78 is 35.7. The van der Waals surface area contributed by atoms with Gasteiger partial charge in [-0.1, -0.05) is 39.5 Å². The van der Waals surface area contributed by atoms with Gasteiger partial charge in [-0.15, -0.1) is 0 Å². The van der Waals surface area contributed by atoms with Crippen LogP contribution in [0.3, 0.4) is 0 Å². The van der Waals surface area contributed by atoms with Crippen LogP contribution >= 0.6 is 0 Å². The lowest BCUT2D eigenvalue weighted by Crippen LogP contribution is -2.42. The van der Waals surface area contributed by atoms with E-state index in [0.29, 0.717) is 12.3 Å². The van der Waals surface area contributed by atoms with E-state index >= 15 is 0 Å². The number of carbonyl (C=O) groups excluding carboxylic acids is 1. The molecule has 1 aliphatic rings. The van der Waals surface area contributed by atoms with Crippen LogP contribution in [-0.4, -0.2) is 18.1 Å². The van der Waals surface area contributed by atoms with Gasteiger partial charge in [0.1, 0.15) is 0 Å². The molecule has 0 heterocycles. The standard InChI is InChI=1S/C10H16F3NO.C2H6/c1-7(6-8-4-2-3-5-8)14-9(15)10(11,12)13;1-2/h7-8H,2-6H2,1H3,(H,14,15);1-2H3. The fraction of sp³-hybridized carbons (Fsp3) is 0.917. The first-order valence-electron chi connectivity index (χ1n) is 6.27. The molecule has 2 nitrogen and oxygen atoms in total. The molecule has 0 saturated heterocycles. The fourth-order valence-electron chi connectivity index (χ4n) is 2.11. The van der Waals surface area contributed by atoms with Gasteiger partial charge in [-0.2, -0.15) is 13.2 Å². The van der Waals surface area contributed by atoms with Crippen LogP contribution in [0.15, 0.2) is 0 Å². The summed E-state index contributed by atoms with van der Waals surface area (Å²) in [5.74, 6) is -1.35. The summed E-state index contributed by atoms with van der Waals surface area (Å²) in [5, 5.41) is 1.98. The predicted molar refractivity (Wildman–Crippen MR) is 61.6 cm³/mol. The lowest BCUT2D eigenvalue weighted by Gasteiger charge is -2.18. The molecule has 1 unspecified atom stereocenters. The normalized spacial score (nSPS) is 18.2. The maximum Gasteiger partial charge on any atom is 0.471 e. The molecule has 0 aromatic carbocycles. The molecule has 0 bridgehead atoms. The highest BCUT2D eigenvalue weighted by Gasteiger charge is 2.39. The number of nitrogens with one attached hydrogen (secondary N) is 1. The van der Waals surface area contributed by atoms with Gasteiger partial charge < -0.3 is 5.32 Å². The molecule has 0 aromatic rings. The van der Waals surface area contributed by atoms with Gasteiger partial charge in [0.25, 0.3) is 0 Å². The van der Waals surface area contributed by atoms with Gasteiger partial charge in [0.2, 0.25) is 0 Å². The Balaban J connectivity index is 0.00000121. The summed E-state index contributed by atoms with van der Waals surface area (Å²) in [6, 6.07) is -0.387. The first kappa shape index (κ1) is 16.3. The number of alkyl halides is 3. The quantitative estimate of drug-likeness (QED) is 0.817. The van der Waals surface area contributed by atoms with Gasteiger partial charge >= 0.3 is 12.1 Å². The van der Waals surface area contributed by atoms with E-state index in [0.717, 1.165) is 25.7 Å². The third-order valence-corrected chi connectivity index (χ3v) is 2.80. The maximum atomic E-state index is 11.9. The van der Waals surface area contributed by atoms with Gasteiger partial charge in [-0.25, -0.2) is 0 Å². The number of carbonyl (C=O) groups is 1. The van der Waals surface area contributed by atoms with Crippen LogP contribution in [-0.2, 0) is 4.79 Å². The SMILES string of the molecule is CC.CC(CC1CCCC1)NC(=O)C(F)(F)F. The van der Waals surface area contributed by atoms with Gasteiger partial charge in [-0.05, 0) is 19.3 Å². The van der Waals surface area contributed by atoms with Crippen LogP contribution in [0.2, 0.25) is 0 Å². The van der Waals surface area contributed by atoms with Crippen molar-refractivity contribution in [2.45, 2.75) is 65.1 Å². The molecule has 0 radical (unpaired) electrons. The minimum Gasteiger partial charge on any atom is -0.346 e. The molecule has 1 atom stereocenters. The minimum atomic E-state index is -4.76. The Morgan fingerprint density at radius 1 is 1.29 bits per heavy atom. The molecular weight excluding hydrogens is 231 g/mol. The van der Waals surface area contributed by atoms with E-state index in [-0.39, 0.29) is 6.04 Å². The Bertz CT molecular complexity index is 222. The van der Waals surface area contributed by atoms with Gasteiger partial charge in [0, 0.05) is 6.04 Å². The van der Waals surface area contributed by atoms with E-state index < -0.39 is 12.1 Å². The molecule has 17 heavy (non-hydrogen) atoms. The van der Waals surface area contributed by atoms with Crippen LogP contribution in [0.5, 0.6) is 0 Å². The molecule has 5 heteroatoms. The number of hydrogen-bond acceptors (Lipinski definition) is 1. The molecule has 102 valence electrons. The molecule has 1 amide bonds. The smallest absolute Gasteiger partial charge is 0.346 e. The molecule has 0 aliphatic heterocycles. The second-order valence-corrected chi connectivity index (χ2v) is 4.26. The largest absolute Gasteiger partial charge is 0.471 e. The predicted octanol–water partition coefficient (Wildman–Crippen LogP) is 3.66. The highest BCUT2D eigenvalue weighted by molar-refractivity contribution is 5.81. The van der Waals surface area contributed by atoms with Crippen molar-refractivity contribution in [2.24, 2.45) is 5.92 Å². The average molecular weight is 253 g/mol. The zero-order chi connectivity index (χ0) is 13.5. The number of rotatable bonds is 3. The zero-order valence-electron chi connectivity index (χ0n) is 10.7. The lowest BCUT2D eigenvalue weighted by molar-refractivity contribution is -0.174. The Kier molecular flexibility index (Phi) is 7.23. The summed E-state index contributed by atoms with van der Waals surface area (Å²) in [6.45, 7) is 5.63. The van der Waals surface area contributed by atoms with E-state index in [4.69, 9.17) is 0 Å². The van der Waals surface area contributed by atoms with Crippen molar-refractivity contribution in [3.8, 4) is 0 Å². The van der Waals surface area contributed by atoms with Crippen molar-refractivity contribution in [3.05, 3.63) is 0 Å². The second kappa shape index (κ2) is 7.56. The minimum absolute atomic E-state index is 0.387. The van der Waals surface area contributed by atoms with E-state index in [9.17, 15) is 18.0 Å². The van der Waals surface area contributed by atoms with E-state index in [1.165, 1.54) is 0 Å². The summed E-state index contributed by atoms with van der Waals surface area (Å²) in [6.07, 6.45) is 0.361. The zero-order valence-corrected chi connectivity index (χ0v) is 10.7. The third kappa shape index (κ3) is 6.54. The monoisotopic (exact) mass is 253 g/mol. The molecule has 1 N–H and O–H groups in total. The molecule has 1 fully saturated rings. The third-order valence-electron chi connectivity index (χ3n) is 2.80. The molecular formula is C12H22F3NO. The Morgan fingerprint density at radius 2 is 1.76 bits per heavy atom. The Hall–Kier alpha value is -0.740. The maximum absolute atomic E-state index is 11.9. The number of hydrogen-bond donors (Lipinski definition) is 1. The van der Waals surface area contributed by atoms with Crippen molar-refractivity contribution in [1.82, 2.24) is 5.32 Å².